The summed E-state index contributed by atoms with van der Waals surface area (Å²) in [5.41, 5.74) is 0.796. The number of nitrogens with zero attached hydrogens (tertiary/aromatic N) is 2. The Morgan fingerprint density at radius 2 is 2.10 bits per heavy atom. The fourth-order valence-electron chi connectivity index (χ4n) is 3.48. The van der Waals surface area contributed by atoms with E-state index in [2.05, 4.69) is 28.2 Å². The van der Waals surface area contributed by atoms with Crippen LogP contribution in [0.3, 0.4) is 0 Å². The summed E-state index contributed by atoms with van der Waals surface area (Å²) < 4.78 is 2.08. The lowest BCUT2D eigenvalue weighted by atomic mass is 9.76. The van der Waals surface area contributed by atoms with Crippen molar-refractivity contribution in [1.29, 1.82) is 0 Å². The van der Waals surface area contributed by atoms with E-state index in [1.165, 1.54) is 25.7 Å². The third-order valence-electron chi connectivity index (χ3n) is 5.08. The maximum Gasteiger partial charge on any atom is 0.144 e. The van der Waals surface area contributed by atoms with Crippen molar-refractivity contribution < 1.29 is 4.79 Å². The lowest BCUT2D eigenvalue weighted by Gasteiger charge is -2.32. The quantitative estimate of drug-likeness (QED) is 0.918. The van der Waals surface area contributed by atoms with Crippen molar-refractivity contribution in [1.82, 2.24) is 15.1 Å². The van der Waals surface area contributed by atoms with Crippen LogP contribution in [0.1, 0.15) is 57.2 Å². The number of rotatable bonds is 4. The van der Waals surface area contributed by atoms with Crippen LogP contribution in [0, 0.1) is 5.41 Å². The second-order valence-electron chi connectivity index (χ2n) is 6.64. The average Bonchev–Trinajstić information content (AvgIpc) is 3.09. The van der Waals surface area contributed by atoms with Crippen molar-refractivity contribution in [2.24, 2.45) is 5.41 Å². The molecule has 2 aliphatic rings. The van der Waals surface area contributed by atoms with Gasteiger partial charge in [-0.15, -0.1) is 0 Å². The minimum atomic E-state index is -0.150. The molecule has 0 spiro atoms. The molecule has 0 radical (unpaired) electrons. The van der Waals surface area contributed by atoms with Gasteiger partial charge in [0.15, 0.2) is 0 Å². The van der Waals surface area contributed by atoms with Crippen LogP contribution >= 0.6 is 0 Å². The third-order valence-corrected chi connectivity index (χ3v) is 5.08. The molecule has 1 N–H and O–H groups in total. The molecule has 0 atom stereocenters. The molecule has 4 heteroatoms. The van der Waals surface area contributed by atoms with Crippen LogP contribution in [-0.4, -0.2) is 28.7 Å². The average molecular weight is 275 g/mol. The van der Waals surface area contributed by atoms with Gasteiger partial charge in [0.1, 0.15) is 5.78 Å². The molecule has 1 aromatic rings. The highest BCUT2D eigenvalue weighted by Gasteiger charge is 2.34. The summed E-state index contributed by atoms with van der Waals surface area (Å²) in [6, 6.07) is 2.59. The summed E-state index contributed by atoms with van der Waals surface area (Å²) in [7, 11) is 0. The number of nitrogens with one attached hydrogen (secondary N) is 1. The largest absolute Gasteiger partial charge is 0.317 e. The first-order chi connectivity index (χ1) is 9.67. The summed E-state index contributed by atoms with van der Waals surface area (Å²) in [5.74, 6) is 0.357. The van der Waals surface area contributed by atoms with Gasteiger partial charge in [0.2, 0.25) is 0 Å². The molecule has 4 nitrogen and oxygen atoms in total. The van der Waals surface area contributed by atoms with Gasteiger partial charge in [0, 0.05) is 11.6 Å². The molecule has 1 saturated carbocycles. The van der Waals surface area contributed by atoms with Crippen molar-refractivity contribution in [2.45, 2.75) is 57.9 Å². The van der Waals surface area contributed by atoms with Gasteiger partial charge in [0.25, 0.3) is 0 Å². The summed E-state index contributed by atoms with van der Waals surface area (Å²) in [6.45, 7) is 4.03. The molecule has 20 heavy (non-hydrogen) atoms. The zero-order chi connectivity index (χ0) is 14.0. The molecule has 2 heterocycles. The molecule has 2 fully saturated rings. The van der Waals surface area contributed by atoms with E-state index in [0.717, 1.165) is 31.6 Å². The Morgan fingerprint density at radius 1 is 1.40 bits per heavy atom. The van der Waals surface area contributed by atoms with Gasteiger partial charge in [-0.25, -0.2) is 0 Å². The van der Waals surface area contributed by atoms with Crippen LogP contribution in [0.4, 0.5) is 0 Å². The fraction of sp³-hybridized carbons (Fsp3) is 0.750. The summed E-state index contributed by atoms with van der Waals surface area (Å²) in [6.07, 6.45) is 9.55. The van der Waals surface area contributed by atoms with Crippen LogP contribution < -0.4 is 5.32 Å². The SMILES string of the molecule is CC1(C(=O)Cc2ccn(C3CCCC3)n2)CCNCC1. The lowest BCUT2D eigenvalue weighted by Crippen LogP contribution is -2.40. The van der Waals surface area contributed by atoms with E-state index in [4.69, 9.17) is 0 Å². The Morgan fingerprint density at radius 3 is 2.80 bits per heavy atom. The van der Waals surface area contributed by atoms with E-state index in [0.29, 0.717) is 18.2 Å². The highest BCUT2D eigenvalue weighted by Crippen LogP contribution is 2.31. The van der Waals surface area contributed by atoms with Crippen molar-refractivity contribution >= 4 is 5.78 Å². The molecule has 0 bridgehead atoms. The predicted molar refractivity (Wildman–Crippen MR) is 78.7 cm³/mol. The molecule has 1 aliphatic heterocycles. The minimum Gasteiger partial charge on any atom is -0.317 e. The van der Waals surface area contributed by atoms with Gasteiger partial charge in [-0.1, -0.05) is 19.8 Å². The zero-order valence-corrected chi connectivity index (χ0v) is 12.4. The topological polar surface area (TPSA) is 46.9 Å². The molecule has 3 rings (SSSR count). The summed E-state index contributed by atoms with van der Waals surface area (Å²) >= 11 is 0. The maximum absolute atomic E-state index is 12.5. The Hall–Kier alpha value is -1.16. The van der Waals surface area contributed by atoms with Crippen molar-refractivity contribution in [3.8, 4) is 0 Å². The molecule has 0 amide bonds. The first-order valence-electron chi connectivity index (χ1n) is 7.95. The zero-order valence-electron chi connectivity index (χ0n) is 12.4. The number of carbonyl (C=O) groups is 1. The second-order valence-corrected chi connectivity index (χ2v) is 6.64. The van der Waals surface area contributed by atoms with E-state index in [-0.39, 0.29) is 5.41 Å². The summed E-state index contributed by atoms with van der Waals surface area (Å²) in [5, 5.41) is 7.97. The molecule has 0 unspecified atom stereocenters. The molecule has 0 aromatic carbocycles. The van der Waals surface area contributed by atoms with Crippen molar-refractivity contribution in [2.75, 3.05) is 13.1 Å². The minimum absolute atomic E-state index is 0.150. The van der Waals surface area contributed by atoms with E-state index in [1.54, 1.807) is 0 Å². The highest BCUT2D eigenvalue weighted by molar-refractivity contribution is 5.86. The Bertz CT molecular complexity index is 468. The predicted octanol–water partition coefficient (Wildman–Crippen LogP) is 2.50. The number of carbonyl (C=O) groups excluding carboxylic acids is 1. The Kier molecular flexibility index (Phi) is 3.92. The highest BCUT2D eigenvalue weighted by atomic mass is 16.1. The fourth-order valence-corrected chi connectivity index (χ4v) is 3.48. The van der Waals surface area contributed by atoms with Gasteiger partial charge in [-0.3, -0.25) is 9.48 Å². The van der Waals surface area contributed by atoms with Gasteiger partial charge < -0.3 is 5.32 Å². The number of ketones is 1. The van der Waals surface area contributed by atoms with Crippen LogP contribution in [0.2, 0.25) is 0 Å². The lowest BCUT2D eigenvalue weighted by molar-refractivity contribution is -0.128. The number of piperidine rings is 1. The third kappa shape index (κ3) is 2.80. The smallest absolute Gasteiger partial charge is 0.144 e. The van der Waals surface area contributed by atoms with E-state index in [9.17, 15) is 4.79 Å². The van der Waals surface area contributed by atoms with Crippen LogP contribution in [0.5, 0.6) is 0 Å². The van der Waals surface area contributed by atoms with Crippen LogP contribution in [-0.2, 0) is 11.2 Å². The molecule has 110 valence electrons. The van der Waals surface area contributed by atoms with Crippen LogP contribution in [0.25, 0.3) is 0 Å². The Labute approximate surface area is 120 Å². The molecule has 1 aliphatic carbocycles. The van der Waals surface area contributed by atoms with Crippen LogP contribution in [0.15, 0.2) is 12.3 Å². The van der Waals surface area contributed by atoms with E-state index >= 15 is 0 Å². The number of aromatic nitrogens is 2. The van der Waals surface area contributed by atoms with E-state index < -0.39 is 0 Å². The molecular weight excluding hydrogens is 250 g/mol. The molecular formula is C16H25N3O. The normalized spacial score (nSPS) is 23.1. The number of Topliss-reactive ketones (excluding diaryl/α,β-unsaturated/α-hetero) is 1. The van der Waals surface area contributed by atoms with Crippen molar-refractivity contribution in [3.63, 3.8) is 0 Å². The molecule has 1 saturated heterocycles. The Balaban J connectivity index is 1.63. The van der Waals surface area contributed by atoms with Gasteiger partial charge in [-0.05, 0) is 44.8 Å². The van der Waals surface area contributed by atoms with Gasteiger partial charge >= 0.3 is 0 Å². The van der Waals surface area contributed by atoms with E-state index in [1.807, 2.05) is 6.07 Å². The van der Waals surface area contributed by atoms with Crippen molar-refractivity contribution in [3.05, 3.63) is 18.0 Å². The molecule has 1 aromatic heterocycles. The first-order valence-corrected chi connectivity index (χ1v) is 7.95. The second kappa shape index (κ2) is 5.68. The maximum atomic E-state index is 12.5. The first kappa shape index (κ1) is 13.8. The monoisotopic (exact) mass is 275 g/mol. The number of hydrogen-bond donors (Lipinski definition) is 1. The summed E-state index contributed by atoms with van der Waals surface area (Å²) in [4.78, 5) is 12.5. The van der Waals surface area contributed by atoms with Gasteiger partial charge in [0.05, 0.1) is 18.2 Å². The standard InChI is InChI=1S/C16H25N3O/c1-16(7-9-17-10-8-16)15(20)12-13-6-11-19(18-13)14-4-2-3-5-14/h6,11,14,17H,2-5,7-10,12H2,1H3. The number of hydrogen-bond acceptors (Lipinski definition) is 3. The van der Waals surface area contributed by atoms with Gasteiger partial charge in [-0.2, -0.15) is 5.10 Å².